The molecular weight excluding hydrogens is 476 g/mol. The highest BCUT2D eigenvalue weighted by Gasteiger charge is 2.34. The monoisotopic (exact) mass is 504 g/mol. The third kappa shape index (κ3) is 4.08. The molecule has 0 fully saturated rings. The summed E-state index contributed by atoms with van der Waals surface area (Å²) in [4.78, 5) is 50.7. The molecule has 0 radical (unpaired) electrons. The minimum atomic E-state index is -0.385. The fraction of sp³-hybridized carbons (Fsp3) is 0.188. The zero-order chi connectivity index (χ0) is 27.2. The van der Waals surface area contributed by atoms with E-state index in [0.717, 1.165) is 32.1 Å². The number of benzene rings is 3. The molecule has 2 heterocycles. The molecule has 2 aliphatic rings. The Hall–Kier alpha value is -4.58. The Labute approximate surface area is 221 Å². The molecule has 3 aromatic rings. The molecule has 0 atom stereocenters. The van der Waals surface area contributed by atoms with Crippen LogP contribution in [0.5, 0.6) is 0 Å². The van der Waals surface area contributed by atoms with E-state index in [9.17, 15) is 19.2 Å². The van der Waals surface area contributed by atoms with Crippen LogP contribution >= 0.6 is 0 Å². The van der Waals surface area contributed by atoms with Gasteiger partial charge >= 0.3 is 0 Å². The first-order chi connectivity index (χ1) is 18.0. The van der Waals surface area contributed by atoms with E-state index in [1.807, 2.05) is 60.7 Å². The summed E-state index contributed by atoms with van der Waals surface area (Å²) in [7, 11) is 0. The molecule has 0 aromatic heterocycles. The number of nitrogens with zero attached hydrogens (tertiary/aromatic N) is 2. The predicted molar refractivity (Wildman–Crippen MR) is 147 cm³/mol. The van der Waals surface area contributed by atoms with Gasteiger partial charge in [0.2, 0.25) is 0 Å². The van der Waals surface area contributed by atoms with Crippen molar-refractivity contribution in [2.24, 2.45) is 0 Å². The van der Waals surface area contributed by atoms with Crippen molar-refractivity contribution in [2.45, 2.75) is 38.5 Å². The summed E-state index contributed by atoms with van der Waals surface area (Å²) >= 11 is 0. The zero-order valence-electron chi connectivity index (χ0n) is 21.8. The molecule has 4 amide bonds. The molecule has 6 nitrogen and oxygen atoms in total. The summed E-state index contributed by atoms with van der Waals surface area (Å²) in [6, 6.07) is 23.4. The Bertz CT molecular complexity index is 1370. The van der Waals surface area contributed by atoms with Gasteiger partial charge in [0.05, 0.1) is 11.4 Å². The Morgan fingerprint density at radius 1 is 0.447 bits per heavy atom. The predicted octanol–water partition coefficient (Wildman–Crippen LogP) is 5.20. The third-order valence-corrected chi connectivity index (χ3v) is 7.59. The van der Waals surface area contributed by atoms with Crippen LogP contribution in [0.3, 0.4) is 0 Å². The summed E-state index contributed by atoms with van der Waals surface area (Å²) in [5.74, 6) is -1.35. The number of hydrogen-bond acceptors (Lipinski definition) is 4. The first-order valence-corrected chi connectivity index (χ1v) is 12.4. The Balaban J connectivity index is 1.47. The van der Waals surface area contributed by atoms with Crippen LogP contribution < -0.4 is 9.80 Å². The van der Waals surface area contributed by atoms with Crippen LogP contribution in [0, 0.1) is 0 Å². The van der Waals surface area contributed by atoms with E-state index in [1.165, 1.54) is 24.3 Å². The molecule has 0 saturated heterocycles. The molecule has 2 aliphatic heterocycles. The maximum atomic E-state index is 12.1. The van der Waals surface area contributed by atoms with E-state index in [-0.39, 0.29) is 34.5 Å². The second kappa shape index (κ2) is 9.06. The summed E-state index contributed by atoms with van der Waals surface area (Å²) in [6.45, 7) is 8.63. The number of amides is 4. The molecule has 0 aliphatic carbocycles. The van der Waals surface area contributed by atoms with Gasteiger partial charge in [-0.1, -0.05) is 76.2 Å². The lowest BCUT2D eigenvalue weighted by Gasteiger charge is -2.35. The first kappa shape index (κ1) is 25.1. The van der Waals surface area contributed by atoms with Crippen molar-refractivity contribution in [3.8, 4) is 0 Å². The fourth-order valence-electron chi connectivity index (χ4n) is 5.25. The highest BCUT2D eigenvalue weighted by Crippen LogP contribution is 2.42. The van der Waals surface area contributed by atoms with Crippen LogP contribution in [-0.4, -0.2) is 23.6 Å². The molecule has 0 bridgehead atoms. The van der Waals surface area contributed by atoms with Gasteiger partial charge in [-0.2, -0.15) is 0 Å². The summed E-state index contributed by atoms with van der Waals surface area (Å²) in [6.07, 6.45) is 5.12. The Morgan fingerprint density at radius 3 is 1.03 bits per heavy atom. The smallest absolute Gasteiger partial charge is 0.258 e. The Morgan fingerprint density at radius 2 is 0.737 bits per heavy atom. The average Bonchev–Trinajstić information content (AvgIpc) is 3.43. The number of imide groups is 2. The van der Waals surface area contributed by atoms with E-state index in [2.05, 4.69) is 39.8 Å². The lowest BCUT2D eigenvalue weighted by Crippen LogP contribution is -2.30. The molecule has 0 N–H and O–H groups in total. The molecule has 190 valence electrons. The van der Waals surface area contributed by atoms with Crippen LogP contribution in [0.2, 0.25) is 0 Å². The summed E-state index contributed by atoms with van der Waals surface area (Å²) < 4.78 is 0. The van der Waals surface area contributed by atoms with Crippen LogP contribution in [0.1, 0.15) is 49.9 Å². The molecular formula is C32H28N2O4. The standard InChI is InChI=1S/C32H28N2O4/c1-31(2,21-9-13-23(14-10-21)33-27(35)17-18-28(33)36)25-7-5-6-8-26(25)32(3,4)22-11-15-24(16-12-22)34-29(37)19-20-30(34)38/h5-20H,1-4H3. The molecule has 0 unspecified atom stereocenters. The van der Waals surface area contributed by atoms with Gasteiger partial charge in [0.15, 0.2) is 0 Å². The second-order valence-electron chi connectivity index (χ2n) is 10.6. The normalized spacial score (nSPS) is 15.8. The van der Waals surface area contributed by atoms with Crippen LogP contribution in [-0.2, 0) is 30.0 Å². The van der Waals surface area contributed by atoms with E-state index < -0.39 is 0 Å². The van der Waals surface area contributed by atoms with Crippen molar-refractivity contribution in [1.29, 1.82) is 0 Å². The van der Waals surface area contributed by atoms with Gasteiger partial charge in [0.25, 0.3) is 23.6 Å². The second-order valence-corrected chi connectivity index (χ2v) is 10.6. The summed E-state index contributed by atoms with van der Waals surface area (Å²) in [5.41, 5.74) is 4.70. The van der Waals surface area contributed by atoms with Crippen LogP contribution in [0.25, 0.3) is 0 Å². The topological polar surface area (TPSA) is 74.8 Å². The van der Waals surface area contributed by atoms with E-state index in [0.29, 0.717) is 11.4 Å². The van der Waals surface area contributed by atoms with Gasteiger partial charge < -0.3 is 0 Å². The molecule has 38 heavy (non-hydrogen) atoms. The molecule has 0 spiro atoms. The van der Waals surface area contributed by atoms with E-state index >= 15 is 0 Å². The number of carbonyl (C=O) groups excluding carboxylic acids is 4. The van der Waals surface area contributed by atoms with E-state index in [1.54, 1.807) is 0 Å². The van der Waals surface area contributed by atoms with Crippen molar-refractivity contribution >= 4 is 35.0 Å². The van der Waals surface area contributed by atoms with Crippen LogP contribution in [0.15, 0.2) is 97.1 Å². The number of hydrogen-bond donors (Lipinski definition) is 0. The number of carbonyl (C=O) groups is 4. The number of anilines is 2. The largest absolute Gasteiger partial charge is 0.269 e. The van der Waals surface area contributed by atoms with Gasteiger partial charge in [0.1, 0.15) is 0 Å². The van der Waals surface area contributed by atoms with Crippen molar-refractivity contribution in [1.82, 2.24) is 0 Å². The van der Waals surface area contributed by atoms with Crippen molar-refractivity contribution in [3.05, 3.63) is 119 Å². The third-order valence-electron chi connectivity index (χ3n) is 7.59. The van der Waals surface area contributed by atoms with Gasteiger partial charge in [-0.3, -0.25) is 19.2 Å². The SMILES string of the molecule is CC(C)(c1ccc(N2C(=O)C=CC2=O)cc1)c1ccccc1C(C)(C)c1ccc(N2C(=O)C=CC2=O)cc1. The highest BCUT2D eigenvalue weighted by molar-refractivity contribution is 6.28. The lowest BCUT2D eigenvalue weighted by molar-refractivity contribution is -0.121. The highest BCUT2D eigenvalue weighted by atomic mass is 16.2. The van der Waals surface area contributed by atoms with Gasteiger partial charge in [-0.05, 0) is 46.5 Å². The van der Waals surface area contributed by atoms with Gasteiger partial charge in [0, 0.05) is 35.1 Å². The van der Waals surface area contributed by atoms with Gasteiger partial charge in [-0.15, -0.1) is 0 Å². The lowest BCUT2D eigenvalue weighted by atomic mass is 9.68. The van der Waals surface area contributed by atoms with Crippen molar-refractivity contribution in [2.75, 3.05) is 9.80 Å². The van der Waals surface area contributed by atoms with Gasteiger partial charge in [-0.25, -0.2) is 9.80 Å². The van der Waals surface area contributed by atoms with Crippen molar-refractivity contribution < 1.29 is 19.2 Å². The average molecular weight is 505 g/mol. The summed E-state index contributed by atoms with van der Waals surface area (Å²) in [5, 5.41) is 0. The molecule has 3 aromatic carbocycles. The fourth-order valence-corrected chi connectivity index (χ4v) is 5.25. The molecule has 5 rings (SSSR count). The van der Waals surface area contributed by atoms with Crippen LogP contribution in [0.4, 0.5) is 11.4 Å². The zero-order valence-corrected chi connectivity index (χ0v) is 21.8. The maximum absolute atomic E-state index is 12.1. The minimum Gasteiger partial charge on any atom is -0.269 e. The minimum absolute atomic E-state index is 0.338. The number of rotatable bonds is 6. The molecule has 6 heteroatoms. The Kier molecular flexibility index (Phi) is 5.98. The van der Waals surface area contributed by atoms with E-state index in [4.69, 9.17) is 0 Å². The van der Waals surface area contributed by atoms with Crippen molar-refractivity contribution in [3.63, 3.8) is 0 Å². The quantitative estimate of drug-likeness (QED) is 0.433. The first-order valence-electron chi connectivity index (χ1n) is 12.4. The molecule has 0 saturated carbocycles. The maximum Gasteiger partial charge on any atom is 0.258 e.